The molecule has 0 fully saturated rings. The summed E-state index contributed by atoms with van der Waals surface area (Å²) in [7, 11) is -1.66. The Bertz CT molecular complexity index is 426. The minimum atomic E-state index is -1.66. The number of benzene rings is 1. The molecule has 5 nitrogen and oxygen atoms in total. The van der Waals surface area contributed by atoms with Crippen LogP contribution in [0.4, 0.5) is 0 Å². The summed E-state index contributed by atoms with van der Waals surface area (Å²) in [5.41, 5.74) is 0.371. The van der Waals surface area contributed by atoms with Gasteiger partial charge in [0.1, 0.15) is 0 Å². The van der Waals surface area contributed by atoms with Gasteiger partial charge in [0.15, 0.2) is 0 Å². The number of rotatable bonds is 1. The van der Waals surface area contributed by atoms with E-state index in [1.807, 2.05) is 0 Å². The predicted octanol–water partition coefficient (Wildman–Crippen LogP) is -1.32. The number of hydrogen-bond acceptors (Lipinski definition) is 5. The van der Waals surface area contributed by atoms with E-state index in [9.17, 15) is 9.59 Å². The lowest BCUT2D eigenvalue weighted by atomic mass is 9.79. The Kier molecular flexibility index (Phi) is 1.87. The monoisotopic (exact) mass is 192 g/mol. The van der Waals surface area contributed by atoms with Gasteiger partial charge in [0.25, 0.3) is 0 Å². The van der Waals surface area contributed by atoms with Crippen LogP contribution in [0.2, 0.25) is 0 Å². The molecule has 0 radical (unpaired) electrons. The molecule has 1 aliphatic rings. The quantitative estimate of drug-likeness (QED) is 0.327. The smallest absolute Gasteiger partial charge is 0.423 e. The molecule has 1 aliphatic heterocycles. The highest BCUT2D eigenvalue weighted by molar-refractivity contribution is 6.58. The molecule has 0 unspecified atom stereocenters. The van der Waals surface area contributed by atoms with E-state index in [4.69, 9.17) is 10.0 Å². The molecule has 0 bridgehead atoms. The fraction of sp³-hybridized carbons (Fsp3) is 0. The number of esters is 2. The summed E-state index contributed by atoms with van der Waals surface area (Å²) in [6.07, 6.45) is 0. The van der Waals surface area contributed by atoms with Gasteiger partial charge in [-0.3, -0.25) is 0 Å². The standard InChI is InChI=1S/C8H5BO5/c10-7-5-2-1-4(9(12)13)3-6(5)8(11)14-7/h1-3,12-13H. The zero-order chi connectivity index (χ0) is 10.3. The number of hydrogen-bond donors (Lipinski definition) is 2. The van der Waals surface area contributed by atoms with Gasteiger partial charge in [-0.25, -0.2) is 9.59 Å². The molecule has 0 amide bonds. The minimum Gasteiger partial charge on any atom is -0.423 e. The fourth-order valence-electron chi connectivity index (χ4n) is 1.26. The van der Waals surface area contributed by atoms with Crippen molar-refractivity contribution in [3.63, 3.8) is 0 Å². The van der Waals surface area contributed by atoms with Crippen LogP contribution in [0.5, 0.6) is 0 Å². The van der Waals surface area contributed by atoms with E-state index < -0.39 is 19.1 Å². The van der Waals surface area contributed by atoms with Crippen molar-refractivity contribution in [2.45, 2.75) is 0 Å². The lowest BCUT2D eigenvalue weighted by Gasteiger charge is -1.99. The Morgan fingerprint density at radius 1 is 1.07 bits per heavy atom. The van der Waals surface area contributed by atoms with Crippen molar-refractivity contribution in [1.82, 2.24) is 0 Å². The number of cyclic esters (lactones) is 2. The molecule has 2 N–H and O–H groups in total. The number of carbonyl (C=O) groups excluding carboxylic acids is 2. The highest BCUT2D eigenvalue weighted by Gasteiger charge is 2.30. The van der Waals surface area contributed by atoms with Gasteiger partial charge >= 0.3 is 19.1 Å². The van der Waals surface area contributed by atoms with E-state index in [1.165, 1.54) is 18.2 Å². The molecule has 0 spiro atoms. The first-order chi connectivity index (χ1) is 6.59. The van der Waals surface area contributed by atoms with Crippen molar-refractivity contribution < 1.29 is 24.4 Å². The predicted molar refractivity (Wildman–Crippen MR) is 46.0 cm³/mol. The van der Waals surface area contributed by atoms with Crippen molar-refractivity contribution in [2.75, 3.05) is 0 Å². The number of carbonyl (C=O) groups is 2. The average Bonchev–Trinajstić information content (AvgIpc) is 2.42. The second-order valence-corrected chi connectivity index (χ2v) is 2.86. The molecule has 1 heterocycles. The largest absolute Gasteiger partial charge is 0.488 e. The van der Waals surface area contributed by atoms with E-state index in [0.29, 0.717) is 0 Å². The Labute approximate surface area is 79.1 Å². The van der Waals surface area contributed by atoms with Crippen LogP contribution < -0.4 is 5.46 Å². The fourth-order valence-corrected chi connectivity index (χ4v) is 1.26. The van der Waals surface area contributed by atoms with E-state index in [1.54, 1.807) is 0 Å². The maximum absolute atomic E-state index is 11.0. The SMILES string of the molecule is O=C1OC(=O)c2cc(B(O)O)ccc21. The molecule has 14 heavy (non-hydrogen) atoms. The first-order valence-electron chi connectivity index (χ1n) is 3.86. The van der Waals surface area contributed by atoms with Crippen LogP contribution in [0.1, 0.15) is 20.7 Å². The Hall–Kier alpha value is -1.66. The third-order valence-electron chi connectivity index (χ3n) is 1.97. The number of ether oxygens (including phenoxy) is 1. The highest BCUT2D eigenvalue weighted by Crippen LogP contribution is 2.17. The van der Waals surface area contributed by atoms with Crippen LogP contribution in [0.15, 0.2) is 18.2 Å². The lowest BCUT2D eigenvalue weighted by Crippen LogP contribution is -2.30. The molecule has 0 aliphatic carbocycles. The normalized spacial score (nSPS) is 13.9. The molecule has 0 aromatic heterocycles. The molecule has 0 saturated heterocycles. The van der Waals surface area contributed by atoms with Gasteiger partial charge in [0.05, 0.1) is 11.1 Å². The van der Waals surface area contributed by atoms with E-state index in [0.717, 1.165) is 0 Å². The summed E-state index contributed by atoms with van der Waals surface area (Å²) >= 11 is 0. The minimum absolute atomic E-state index is 0.0700. The van der Waals surface area contributed by atoms with Crippen LogP contribution in [0.25, 0.3) is 0 Å². The van der Waals surface area contributed by atoms with Gasteiger partial charge in [0, 0.05) is 0 Å². The Morgan fingerprint density at radius 3 is 2.36 bits per heavy atom. The van der Waals surface area contributed by atoms with Gasteiger partial charge in [-0.05, 0) is 17.6 Å². The summed E-state index contributed by atoms with van der Waals surface area (Å²) in [6.45, 7) is 0. The van der Waals surface area contributed by atoms with Crippen molar-refractivity contribution in [3.8, 4) is 0 Å². The molecule has 1 aromatic rings. The second kappa shape index (κ2) is 2.93. The molecular weight excluding hydrogens is 187 g/mol. The molecule has 0 atom stereocenters. The molecular formula is C8H5BO5. The average molecular weight is 192 g/mol. The van der Waals surface area contributed by atoms with E-state index in [-0.39, 0.29) is 16.6 Å². The van der Waals surface area contributed by atoms with Crippen LogP contribution in [0, 0.1) is 0 Å². The summed E-state index contributed by atoms with van der Waals surface area (Å²) in [5, 5.41) is 17.7. The third-order valence-corrected chi connectivity index (χ3v) is 1.97. The zero-order valence-electron chi connectivity index (χ0n) is 6.93. The topological polar surface area (TPSA) is 83.8 Å². The maximum atomic E-state index is 11.0. The first kappa shape index (κ1) is 8.92. The summed E-state index contributed by atoms with van der Waals surface area (Å²) in [5.74, 6) is -1.46. The van der Waals surface area contributed by atoms with Gasteiger partial charge in [-0.1, -0.05) is 6.07 Å². The van der Waals surface area contributed by atoms with E-state index in [2.05, 4.69) is 4.74 Å². The summed E-state index contributed by atoms with van der Waals surface area (Å²) in [4.78, 5) is 22.0. The van der Waals surface area contributed by atoms with Crippen LogP contribution in [-0.4, -0.2) is 29.1 Å². The molecule has 70 valence electrons. The molecule has 0 saturated carbocycles. The maximum Gasteiger partial charge on any atom is 0.488 e. The number of fused-ring (bicyclic) bond motifs is 1. The van der Waals surface area contributed by atoms with Crippen LogP contribution in [-0.2, 0) is 4.74 Å². The summed E-state index contributed by atoms with van der Waals surface area (Å²) in [6, 6.07) is 3.91. The summed E-state index contributed by atoms with van der Waals surface area (Å²) < 4.78 is 4.33. The molecule has 6 heteroatoms. The van der Waals surface area contributed by atoms with Crippen LogP contribution in [0.3, 0.4) is 0 Å². The third kappa shape index (κ3) is 1.21. The van der Waals surface area contributed by atoms with Crippen molar-refractivity contribution in [1.29, 1.82) is 0 Å². The molecule has 2 rings (SSSR count). The molecule has 1 aromatic carbocycles. The van der Waals surface area contributed by atoms with Gasteiger partial charge in [0.2, 0.25) is 0 Å². The van der Waals surface area contributed by atoms with Crippen molar-refractivity contribution >= 4 is 24.5 Å². The van der Waals surface area contributed by atoms with E-state index >= 15 is 0 Å². The zero-order valence-corrected chi connectivity index (χ0v) is 6.93. The first-order valence-corrected chi connectivity index (χ1v) is 3.86. The Morgan fingerprint density at radius 2 is 1.71 bits per heavy atom. The van der Waals surface area contributed by atoms with Crippen LogP contribution >= 0.6 is 0 Å². The lowest BCUT2D eigenvalue weighted by molar-refractivity contribution is 0.0444. The highest BCUT2D eigenvalue weighted by atomic mass is 16.6. The van der Waals surface area contributed by atoms with Gasteiger partial charge in [-0.15, -0.1) is 0 Å². The second-order valence-electron chi connectivity index (χ2n) is 2.86. The Balaban J connectivity index is 2.55. The van der Waals surface area contributed by atoms with Crippen molar-refractivity contribution in [2.24, 2.45) is 0 Å². The van der Waals surface area contributed by atoms with Crippen molar-refractivity contribution in [3.05, 3.63) is 29.3 Å². The van der Waals surface area contributed by atoms with Gasteiger partial charge < -0.3 is 14.8 Å². The van der Waals surface area contributed by atoms with Gasteiger partial charge in [-0.2, -0.15) is 0 Å².